The van der Waals surface area contributed by atoms with Crippen LogP contribution >= 0.6 is 11.6 Å². The van der Waals surface area contributed by atoms with Crippen LogP contribution in [0, 0.1) is 5.82 Å². The van der Waals surface area contributed by atoms with E-state index in [2.05, 4.69) is 10.6 Å². The van der Waals surface area contributed by atoms with Gasteiger partial charge >= 0.3 is 0 Å². The summed E-state index contributed by atoms with van der Waals surface area (Å²) in [7, 11) is 1.65. The Bertz CT molecular complexity index is 979. The molecule has 0 unspecified atom stereocenters. The Balaban J connectivity index is 1.59. The summed E-state index contributed by atoms with van der Waals surface area (Å²) in [4.78, 5) is 19.6. The van der Waals surface area contributed by atoms with Crippen molar-refractivity contribution in [2.75, 3.05) is 44.0 Å². The lowest BCUT2D eigenvalue weighted by Crippen LogP contribution is -2.62. The zero-order valence-electron chi connectivity index (χ0n) is 17.5. The second-order valence-corrected chi connectivity index (χ2v) is 8.30. The van der Waals surface area contributed by atoms with Crippen molar-refractivity contribution in [2.24, 2.45) is 4.99 Å². The van der Waals surface area contributed by atoms with Crippen LogP contribution < -0.4 is 10.6 Å². The molecular weight excluding hydrogens is 419 g/mol. The maximum atomic E-state index is 14.2. The van der Waals surface area contributed by atoms with Crippen LogP contribution in [0.2, 0.25) is 5.02 Å². The fraction of sp³-hybridized carbons (Fsp3) is 0.391. The Morgan fingerprint density at radius 3 is 2.84 bits per heavy atom. The smallest absolute Gasteiger partial charge is 0.227 e. The second-order valence-electron chi connectivity index (χ2n) is 7.90. The van der Waals surface area contributed by atoms with Crippen molar-refractivity contribution in [3.05, 3.63) is 58.9 Å². The number of hydrogen-bond acceptors (Lipinski definition) is 4. The summed E-state index contributed by atoms with van der Waals surface area (Å²) < 4.78 is 19.4. The molecule has 164 valence electrons. The van der Waals surface area contributed by atoms with Crippen LogP contribution in [-0.4, -0.2) is 55.5 Å². The lowest BCUT2D eigenvalue weighted by atomic mass is 9.85. The number of anilines is 2. The molecule has 31 heavy (non-hydrogen) atoms. The number of hydrogen-bond donors (Lipinski definition) is 2. The summed E-state index contributed by atoms with van der Waals surface area (Å²) in [6, 6.07) is 12.4. The van der Waals surface area contributed by atoms with Crippen molar-refractivity contribution < 1.29 is 13.9 Å². The van der Waals surface area contributed by atoms with Gasteiger partial charge in [0.25, 0.3) is 0 Å². The highest BCUT2D eigenvalue weighted by Gasteiger charge is 2.44. The summed E-state index contributed by atoms with van der Waals surface area (Å²) in [6.45, 7) is 2.08. The number of piperidine rings is 1. The number of fused-ring (bicyclic) bond motifs is 1. The number of rotatable bonds is 5. The van der Waals surface area contributed by atoms with Crippen LogP contribution in [0.1, 0.15) is 18.4 Å². The molecule has 2 N–H and O–H groups in total. The van der Waals surface area contributed by atoms with Gasteiger partial charge in [0, 0.05) is 24.2 Å². The van der Waals surface area contributed by atoms with E-state index in [0.29, 0.717) is 26.2 Å². The third-order valence-corrected chi connectivity index (χ3v) is 6.16. The Hall–Kier alpha value is -2.64. The van der Waals surface area contributed by atoms with Crippen molar-refractivity contribution >= 4 is 34.7 Å². The predicted molar refractivity (Wildman–Crippen MR) is 122 cm³/mol. The third kappa shape index (κ3) is 4.52. The lowest BCUT2D eigenvalue weighted by Gasteiger charge is -2.47. The summed E-state index contributed by atoms with van der Waals surface area (Å²) >= 11 is 6.14. The number of amidine groups is 1. The molecular formula is C23H26ClFN4O2. The van der Waals surface area contributed by atoms with E-state index in [4.69, 9.17) is 21.3 Å². The molecule has 1 atom stereocenters. The zero-order chi connectivity index (χ0) is 21.8. The Labute approximate surface area is 186 Å². The van der Waals surface area contributed by atoms with Gasteiger partial charge in [-0.1, -0.05) is 29.8 Å². The van der Waals surface area contributed by atoms with Crippen LogP contribution in [0.3, 0.4) is 0 Å². The SMILES string of the molecule is COCCN=C1Nc2ccccc2N[C@]12CCCN(C(=O)Cc1c(F)cccc1Cl)C2. The molecule has 0 aliphatic carbocycles. The average Bonchev–Trinajstić information content (AvgIpc) is 2.77. The molecule has 1 amide bonds. The molecule has 1 fully saturated rings. The van der Waals surface area contributed by atoms with Gasteiger partial charge in [-0.3, -0.25) is 9.79 Å². The Kier molecular flexibility index (Phi) is 6.43. The fourth-order valence-corrected chi connectivity index (χ4v) is 4.46. The molecule has 2 heterocycles. The van der Waals surface area contributed by atoms with E-state index in [0.717, 1.165) is 30.1 Å². The number of methoxy groups -OCH3 is 1. The molecule has 8 heteroatoms. The molecule has 0 aromatic heterocycles. The number of benzene rings is 2. The van der Waals surface area contributed by atoms with E-state index in [1.165, 1.54) is 6.07 Å². The van der Waals surface area contributed by atoms with E-state index in [1.54, 1.807) is 24.1 Å². The topological polar surface area (TPSA) is 66.0 Å². The van der Waals surface area contributed by atoms with Crippen molar-refractivity contribution in [2.45, 2.75) is 24.8 Å². The summed E-state index contributed by atoms with van der Waals surface area (Å²) in [5.74, 6) is 0.188. The van der Waals surface area contributed by atoms with Gasteiger partial charge in [-0.05, 0) is 37.1 Å². The van der Waals surface area contributed by atoms with E-state index in [1.807, 2.05) is 24.3 Å². The third-order valence-electron chi connectivity index (χ3n) is 5.81. The number of para-hydroxylation sites is 2. The summed E-state index contributed by atoms with van der Waals surface area (Å²) in [6.07, 6.45) is 1.56. The van der Waals surface area contributed by atoms with Gasteiger partial charge in [0.05, 0.1) is 37.5 Å². The number of ether oxygens (including phenoxy) is 1. The molecule has 0 radical (unpaired) electrons. The van der Waals surface area contributed by atoms with Gasteiger partial charge in [-0.25, -0.2) is 4.39 Å². The van der Waals surface area contributed by atoms with Crippen LogP contribution in [-0.2, 0) is 16.0 Å². The summed E-state index contributed by atoms with van der Waals surface area (Å²) in [5.41, 5.74) is 1.63. The number of aliphatic imine (C=N–C) groups is 1. The normalized spacial score (nSPS) is 21.5. The van der Waals surface area contributed by atoms with Gasteiger partial charge in [-0.15, -0.1) is 0 Å². The molecule has 2 aliphatic rings. The monoisotopic (exact) mass is 444 g/mol. The molecule has 2 aliphatic heterocycles. The molecule has 1 saturated heterocycles. The number of carbonyl (C=O) groups excluding carboxylic acids is 1. The van der Waals surface area contributed by atoms with Gasteiger partial charge in [-0.2, -0.15) is 0 Å². The fourth-order valence-electron chi connectivity index (χ4n) is 4.23. The van der Waals surface area contributed by atoms with Crippen LogP contribution in [0.15, 0.2) is 47.5 Å². The van der Waals surface area contributed by atoms with Gasteiger partial charge in [0.15, 0.2) is 0 Å². The maximum Gasteiger partial charge on any atom is 0.227 e. The summed E-state index contributed by atoms with van der Waals surface area (Å²) in [5, 5.41) is 7.36. The molecule has 6 nitrogen and oxygen atoms in total. The molecule has 2 aromatic rings. The predicted octanol–water partition coefficient (Wildman–Crippen LogP) is 3.97. The maximum absolute atomic E-state index is 14.2. The minimum atomic E-state index is -0.533. The largest absolute Gasteiger partial charge is 0.383 e. The average molecular weight is 445 g/mol. The van der Waals surface area contributed by atoms with Crippen LogP contribution in [0.25, 0.3) is 0 Å². The highest BCUT2D eigenvalue weighted by atomic mass is 35.5. The molecule has 2 aromatic carbocycles. The second kappa shape index (κ2) is 9.24. The minimum absolute atomic E-state index is 0.0677. The van der Waals surface area contributed by atoms with E-state index in [-0.39, 0.29) is 22.9 Å². The minimum Gasteiger partial charge on any atom is -0.383 e. The van der Waals surface area contributed by atoms with Crippen molar-refractivity contribution in [1.29, 1.82) is 0 Å². The van der Waals surface area contributed by atoms with E-state index < -0.39 is 11.4 Å². The van der Waals surface area contributed by atoms with Crippen LogP contribution in [0.4, 0.5) is 15.8 Å². The lowest BCUT2D eigenvalue weighted by molar-refractivity contribution is -0.131. The Morgan fingerprint density at radius 2 is 2.06 bits per heavy atom. The zero-order valence-corrected chi connectivity index (χ0v) is 18.2. The highest BCUT2D eigenvalue weighted by Crippen LogP contribution is 2.36. The first-order valence-corrected chi connectivity index (χ1v) is 10.8. The van der Waals surface area contributed by atoms with Crippen molar-refractivity contribution in [1.82, 2.24) is 4.90 Å². The molecule has 0 saturated carbocycles. The molecule has 4 rings (SSSR count). The molecule has 1 spiro atoms. The quantitative estimate of drug-likeness (QED) is 0.685. The van der Waals surface area contributed by atoms with Gasteiger partial charge in [0.2, 0.25) is 5.91 Å². The van der Waals surface area contributed by atoms with Crippen LogP contribution in [0.5, 0.6) is 0 Å². The number of carbonyl (C=O) groups is 1. The number of nitrogens with zero attached hydrogens (tertiary/aromatic N) is 2. The number of nitrogens with one attached hydrogen (secondary N) is 2. The van der Waals surface area contributed by atoms with E-state index >= 15 is 0 Å². The number of amides is 1. The first-order chi connectivity index (χ1) is 15.0. The first-order valence-electron chi connectivity index (χ1n) is 10.4. The van der Waals surface area contributed by atoms with Gasteiger partial charge in [0.1, 0.15) is 17.2 Å². The first kappa shape index (κ1) is 21.6. The number of likely N-dealkylation sites (tertiary alicyclic amines) is 1. The van der Waals surface area contributed by atoms with Gasteiger partial charge < -0.3 is 20.3 Å². The molecule has 0 bridgehead atoms. The van der Waals surface area contributed by atoms with Crippen molar-refractivity contribution in [3.63, 3.8) is 0 Å². The standard InChI is InChI=1S/C23H26ClFN4O2/c1-31-13-11-26-22-23(28-20-9-3-2-8-19(20)27-22)10-5-12-29(15-23)21(30)14-16-17(24)6-4-7-18(16)25/h2-4,6-9,28H,5,10-15H2,1H3,(H,26,27)/t23-/m0/s1. The van der Waals surface area contributed by atoms with E-state index in [9.17, 15) is 9.18 Å². The van der Waals surface area contributed by atoms with Crippen molar-refractivity contribution in [3.8, 4) is 0 Å². The highest BCUT2D eigenvalue weighted by molar-refractivity contribution is 6.31. The Morgan fingerprint density at radius 1 is 1.26 bits per heavy atom. The number of halogens is 2.